The summed E-state index contributed by atoms with van der Waals surface area (Å²) < 4.78 is 29.8. The number of nitrogens with zero attached hydrogens (tertiary/aromatic N) is 4. The Balaban J connectivity index is 1.23. The highest BCUT2D eigenvalue weighted by Gasteiger charge is 2.25. The van der Waals surface area contributed by atoms with Crippen LogP contribution >= 0.6 is 0 Å². The summed E-state index contributed by atoms with van der Waals surface area (Å²) in [6.45, 7) is 7.61. The number of hydrogen-bond acceptors (Lipinski definition) is 9. The van der Waals surface area contributed by atoms with Gasteiger partial charge in [0.05, 0.1) is 46.1 Å². The third-order valence-electron chi connectivity index (χ3n) is 9.37. The number of anilines is 1. The first kappa shape index (κ1) is 35.8. The van der Waals surface area contributed by atoms with Gasteiger partial charge >= 0.3 is 0 Å². The number of ether oxygens (including phenoxy) is 5. The number of hydrogen-bond donors (Lipinski definition) is 1. The molecule has 0 radical (unpaired) electrons. The molecule has 11 nitrogen and oxygen atoms in total. The molecule has 1 fully saturated rings. The van der Waals surface area contributed by atoms with Crippen LogP contribution in [-0.4, -0.2) is 106 Å². The zero-order valence-electron chi connectivity index (χ0n) is 29.7. The number of carbonyl (C=O) groups is 1. The summed E-state index contributed by atoms with van der Waals surface area (Å²) in [6, 6.07) is 20.2. The normalized spacial score (nSPS) is 14.4. The van der Waals surface area contributed by atoms with Crippen LogP contribution in [0.5, 0.6) is 23.0 Å². The van der Waals surface area contributed by atoms with Crippen molar-refractivity contribution < 1.29 is 28.5 Å². The molecule has 1 amide bonds. The molecule has 11 heteroatoms. The highest BCUT2D eigenvalue weighted by atomic mass is 16.5. The fraction of sp³-hybridized carbons (Fsp3) is 0.474. The molecule has 0 spiro atoms. The molecule has 3 aromatic carbocycles. The molecule has 264 valence electrons. The van der Waals surface area contributed by atoms with Crippen molar-refractivity contribution in [3.8, 4) is 23.0 Å². The van der Waals surface area contributed by atoms with Crippen LogP contribution in [0.15, 0.2) is 60.7 Å². The largest absolute Gasteiger partial charge is 0.497 e. The van der Waals surface area contributed by atoms with Gasteiger partial charge in [-0.25, -0.2) is 4.98 Å². The quantitative estimate of drug-likeness (QED) is 0.137. The molecule has 1 atom stereocenters. The highest BCUT2D eigenvalue weighted by molar-refractivity contribution is 5.95. The molecule has 1 saturated heterocycles. The van der Waals surface area contributed by atoms with E-state index < -0.39 is 0 Å². The van der Waals surface area contributed by atoms with Gasteiger partial charge in [0, 0.05) is 57.4 Å². The van der Waals surface area contributed by atoms with Crippen molar-refractivity contribution in [1.29, 1.82) is 0 Å². The van der Waals surface area contributed by atoms with E-state index in [9.17, 15) is 4.79 Å². The smallest absolute Gasteiger partial charge is 0.253 e. The van der Waals surface area contributed by atoms with Gasteiger partial charge < -0.3 is 43.4 Å². The summed E-state index contributed by atoms with van der Waals surface area (Å²) in [5, 5.41) is 3.75. The molecule has 1 aromatic heterocycles. The summed E-state index contributed by atoms with van der Waals surface area (Å²) >= 11 is 0. The number of amides is 1. The van der Waals surface area contributed by atoms with Gasteiger partial charge in [-0.2, -0.15) is 0 Å². The lowest BCUT2D eigenvalue weighted by molar-refractivity contribution is 0.0781. The predicted molar refractivity (Wildman–Crippen MR) is 193 cm³/mol. The number of aromatic nitrogens is 2. The standard InChI is InChI=1S/C38H51N5O6/c1-7-49-23-22-43-33-11-9-8-10-32(33)40-38(43)39-30-17-20-42(21-18-30)19-16-28(27-12-14-31(45-3)15-13-27)26-41(2)37(44)29-24-34(46-4)36(48-6)35(25-29)47-5/h8-15,24-25,28,30H,7,16-23,26H2,1-6H3,(H,39,40). The molecule has 0 aliphatic carbocycles. The number of nitrogens with one attached hydrogen (secondary N) is 1. The van der Waals surface area contributed by atoms with Crippen molar-refractivity contribution in [3.63, 3.8) is 0 Å². The fourth-order valence-corrected chi connectivity index (χ4v) is 6.61. The van der Waals surface area contributed by atoms with Gasteiger partial charge in [0.1, 0.15) is 5.75 Å². The summed E-state index contributed by atoms with van der Waals surface area (Å²) in [7, 11) is 8.17. The van der Waals surface area contributed by atoms with Gasteiger partial charge in [0.15, 0.2) is 11.5 Å². The molecule has 0 bridgehead atoms. The van der Waals surface area contributed by atoms with E-state index >= 15 is 0 Å². The maximum absolute atomic E-state index is 13.7. The number of methoxy groups -OCH3 is 4. The minimum atomic E-state index is -0.114. The minimum absolute atomic E-state index is 0.114. The summed E-state index contributed by atoms with van der Waals surface area (Å²) in [6.07, 6.45) is 2.97. The van der Waals surface area contributed by atoms with E-state index in [1.807, 2.05) is 32.2 Å². The number of para-hydroxylation sites is 2. The van der Waals surface area contributed by atoms with E-state index in [0.29, 0.717) is 48.6 Å². The number of rotatable bonds is 17. The summed E-state index contributed by atoms with van der Waals surface area (Å²) in [5.41, 5.74) is 3.77. The van der Waals surface area contributed by atoms with Crippen LogP contribution in [0.3, 0.4) is 0 Å². The van der Waals surface area contributed by atoms with E-state index in [-0.39, 0.29) is 11.8 Å². The maximum Gasteiger partial charge on any atom is 0.253 e. The van der Waals surface area contributed by atoms with E-state index in [1.54, 1.807) is 45.5 Å². The molecule has 1 unspecified atom stereocenters. The Kier molecular flexibility index (Phi) is 12.6. The number of benzene rings is 3. The molecule has 2 heterocycles. The van der Waals surface area contributed by atoms with Crippen LogP contribution in [0.25, 0.3) is 11.0 Å². The van der Waals surface area contributed by atoms with Gasteiger partial charge in [0.2, 0.25) is 11.7 Å². The maximum atomic E-state index is 13.7. The van der Waals surface area contributed by atoms with Crippen molar-refractivity contribution in [2.75, 3.05) is 80.2 Å². The molecule has 1 N–H and O–H groups in total. The summed E-state index contributed by atoms with van der Waals surface area (Å²) in [5.74, 6) is 3.10. The van der Waals surface area contributed by atoms with Crippen molar-refractivity contribution in [1.82, 2.24) is 19.4 Å². The number of likely N-dealkylation sites (N-methyl/N-ethyl adjacent to an activating group) is 1. The lowest BCUT2D eigenvalue weighted by Gasteiger charge is -2.34. The van der Waals surface area contributed by atoms with Crippen molar-refractivity contribution in [2.24, 2.45) is 0 Å². The van der Waals surface area contributed by atoms with Crippen molar-refractivity contribution in [2.45, 2.75) is 44.7 Å². The zero-order valence-corrected chi connectivity index (χ0v) is 29.7. The SMILES string of the molecule is CCOCCn1c(NC2CCN(CCC(CN(C)C(=O)c3cc(OC)c(OC)c(OC)c3)c3ccc(OC)cc3)CC2)nc2ccccc21. The Morgan fingerprint density at radius 1 is 0.939 bits per heavy atom. The second kappa shape index (κ2) is 17.3. The predicted octanol–water partition coefficient (Wildman–Crippen LogP) is 5.93. The topological polar surface area (TPSA) is 99.6 Å². The molecule has 1 aliphatic rings. The van der Waals surface area contributed by atoms with Gasteiger partial charge in [-0.05, 0) is 74.7 Å². The second-order valence-corrected chi connectivity index (χ2v) is 12.4. The first-order chi connectivity index (χ1) is 23.9. The van der Waals surface area contributed by atoms with Crippen LogP contribution in [0.4, 0.5) is 5.95 Å². The first-order valence-electron chi connectivity index (χ1n) is 17.1. The highest BCUT2D eigenvalue weighted by Crippen LogP contribution is 2.38. The van der Waals surface area contributed by atoms with Crippen molar-refractivity contribution >= 4 is 22.9 Å². The Morgan fingerprint density at radius 3 is 2.27 bits per heavy atom. The van der Waals surface area contributed by atoms with E-state index in [2.05, 4.69) is 45.1 Å². The third-order valence-corrected chi connectivity index (χ3v) is 9.37. The molecular weight excluding hydrogens is 622 g/mol. The fourth-order valence-electron chi connectivity index (χ4n) is 6.61. The van der Waals surface area contributed by atoms with E-state index in [0.717, 1.165) is 68.2 Å². The molecule has 0 saturated carbocycles. The Labute approximate surface area is 290 Å². The van der Waals surface area contributed by atoms with E-state index in [1.165, 1.54) is 5.56 Å². The first-order valence-corrected chi connectivity index (χ1v) is 17.1. The van der Waals surface area contributed by atoms with E-state index in [4.69, 9.17) is 28.7 Å². The molecule has 49 heavy (non-hydrogen) atoms. The molecule has 1 aliphatic heterocycles. The number of piperidine rings is 1. The average Bonchev–Trinajstić information content (AvgIpc) is 3.49. The Bertz CT molecular complexity index is 1630. The van der Waals surface area contributed by atoms with Gasteiger partial charge in [-0.15, -0.1) is 0 Å². The minimum Gasteiger partial charge on any atom is -0.497 e. The van der Waals surface area contributed by atoms with Crippen LogP contribution in [-0.2, 0) is 11.3 Å². The molecule has 4 aromatic rings. The lowest BCUT2D eigenvalue weighted by Crippen LogP contribution is -2.40. The number of likely N-dealkylation sites (tertiary alicyclic amines) is 1. The van der Waals surface area contributed by atoms with Gasteiger partial charge in [0.25, 0.3) is 5.91 Å². The average molecular weight is 674 g/mol. The van der Waals surface area contributed by atoms with Gasteiger partial charge in [-0.3, -0.25) is 4.79 Å². The molecular formula is C38H51N5O6. The monoisotopic (exact) mass is 673 g/mol. The summed E-state index contributed by atoms with van der Waals surface area (Å²) in [4.78, 5) is 23.0. The number of fused-ring (bicyclic) bond motifs is 1. The zero-order chi connectivity index (χ0) is 34.8. The van der Waals surface area contributed by atoms with Crippen LogP contribution in [0.1, 0.15) is 48.0 Å². The van der Waals surface area contributed by atoms with Crippen LogP contribution in [0, 0.1) is 0 Å². The van der Waals surface area contributed by atoms with Crippen LogP contribution < -0.4 is 24.3 Å². The lowest BCUT2D eigenvalue weighted by atomic mass is 9.93. The van der Waals surface area contributed by atoms with Crippen LogP contribution in [0.2, 0.25) is 0 Å². The number of carbonyl (C=O) groups excluding carboxylic acids is 1. The van der Waals surface area contributed by atoms with Crippen molar-refractivity contribution in [3.05, 3.63) is 71.8 Å². The Morgan fingerprint density at radius 2 is 1.63 bits per heavy atom. The second-order valence-electron chi connectivity index (χ2n) is 12.4. The number of imidazole rings is 1. The molecule has 5 rings (SSSR count). The third kappa shape index (κ3) is 8.76. The van der Waals surface area contributed by atoms with Gasteiger partial charge in [-0.1, -0.05) is 24.3 Å². The Hall–Kier alpha value is -4.48.